The summed E-state index contributed by atoms with van der Waals surface area (Å²) >= 11 is 3.45. The van der Waals surface area contributed by atoms with E-state index in [1.54, 1.807) is 33.0 Å². The molecule has 1 aliphatic heterocycles. The third-order valence-electron chi connectivity index (χ3n) is 4.28. The van der Waals surface area contributed by atoms with Gasteiger partial charge in [-0.25, -0.2) is 14.6 Å². The van der Waals surface area contributed by atoms with Crippen molar-refractivity contribution in [3.8, 4) is 0 Å². The van der Waals surface area contributed by atoms with Gasteiger partial charge in [0, 0.05) is 19.2 Å². The van der Waals surface area contributed by atoms with Crippen molar-refractivity contribution in [1.29, 1.82) is 0 Å². The Bertz CT molecular complexity index is 978. The quantitative estimate of drug-likeness (QED) is 0.661. The third kappa shape index (κ3) is 6.22. The van der Waals surface area contributed by atoms with E-state index in [1.165, 1.54) is 4.52 Å². The van der Waals surface area contributed by atoms with E-state index in [9.17, 15) is 9.59 Å². The van der Waals surface area contributed by atoms with Crippen LogP contribution in [-0.4, -0.2) is 57.1 Å². The number of carbonyl (C=O) groups excluding carboxylic acids is 2. The molecule has 3 rings (SSSR count). The van der Waals surface area contributed by atoms with E-state index in [0.29, 0.717) is 34.8 Å². The molecular weight excluding hydrogens is 468 g/mol. The molecule has 0 aromatic carbocycles. The highest BCUT2D eigenvalue weighted by atomic mass is 79.9. The number of nitrogens with one attached hydrogen (secondary N) is 2. The average molecular weight is 497 g/mol. The Morgan fingerprint density at radius 1 is 1.13 bits per heavy atom. The Balaban J connectivity index is 1.77. The lowest BCUT2D eigenvalue weighted by atomic mass is 10.2. The highest BCUT2D eigenvalue weighted by molar-refractivity contribution is 9.10. The van der Waals surface area contributed by atoms with Crippen LogP contribution in [0.2, 0.25) is 0 Å². The fourth-order valence-electron chi connectivity index (χ4n) is 3.14. The molecule has 0 bridgehead atoms. The Kier molecular flexibility index (Phi) is 6.35. The molecule has 1 fully saturated rings. The summed E-state index contributed by atoms with van der Waals surface area (Å²) in [5, 5.41) is 9.92. The van der Waals surface area contributed by atoms with Gasteiger partial charge in [0.25, 0.3) is 0 Å². The van der Waals surface area contributed by atoms with Crippen LogP contribution in [0.1, 0.15) is 48.0 Å². The van der Waals surface area contributed by atoms with E-state index >= 15 is 0 Å². The molecule has 2 aromatic heterocycles. The first-order chi connectivity index (χ1) is 14.3. The number of anilines is 2. The molecule has 10 nitrogen and oxygen atoms in total. The van der Waals surface area contributed by atoms with Crippen LogP contribution in [0.15, 0.2) is 16.7 Å². The Hall–Kier alpha value is -2.56. The van der Waals surface area contributed by atoms with Crippen LogP contribution in [0.3, 0.4) is 0 Å². The molecule has 3 heterocycles. The summed E-state index contributed by atoms with van der Waals surface area (Å²) in [7, 11) is 0. The Labute approximate surface area is 189 Å². The highest BCUT2D eigenvalue weighted by Gasteiger charge is 2.28. The first-order valence-electron chi connectivity index (χ1n) is 10.1. The molecule has 2 N–H and O–H groups in total. The lowest BCUT2D eigenvalue weighted by Crippen LogP contribution is -2.40. The number of nitrogens with zero attached hydrogens (tertiary/aromatic N) is 4. The standard InChI is InChI=1S/C20H29BrN6O4/c1-19(2,3)30-17(28)23-12-7-8-26(11-12)14-9-15(25-18(29)31-20(4,5)6)27-16(24-14)13(21)10-22-27/h9-10,12H,7-8,11H2,1-6H3,(H,23,28)(H,25,29)/t12-/m0/s1. The molecule has 11 heteroatoms. The van der Waals surface area contributed by atoms with Crippen LogP contribution < -0.4 is 15.5 Å². The molecule has 1 saturated heterocycles. The van der Waals surface area contributed by atoms with Crippen molar-refractivity contribution in [1.82, 2.24) is 19.9 Å². The third-order valence-corrected chi connectivity index (χ3v) is 4.84. The van der Waals surface area contributed by atoms with Gasteiger partial charge >= 0.3 is 12.2 Å². The van der Waals surface area contributed by atoms with Crippen molar-refractivity contribution in [2.45, 2.75) is 65.2 Å². The summed E-state index contributed by atoms with van der Waals surface area (Å²) in [6.45, 7) is 12.1. The fraction of sp³-hybridized carbons (Fsp3) is 0.600. The normalized spacial score (nSPS) is 17.0. The summed E-state index contributed by atoms with van der Waals surface area (Å²) in [4.78, 5) is 31.1. The average Bonchev–Trinajstić information content (AvgIpc) is 3.18. The smallest absolute Gasteiger partial charge is 0.413 e. The summed E-state index contributed by atoms with van der Waals surface area (Å²) in [6.07, 6.45) is 1.35. The summed E-state index contributed by atoms with van der Waals surface area (Å²) < 4.78 is 12.9. The van der Waals surface area contributed by atoms with Crippen LogP contribution in [0.4, 0.5) is 21.2 Å². The number of aromatic nitrogens is 3. The second-order valence-corrected chi connectivity index (χ2v) is 10.3. The van der Waals surface area contributed by atoms with E-state index in [2.05, 4.69) is 36.6 Å². The lowest BCUT2D eigenvalue weighted by Gasteiger charge is -2.23. The first-order valence-corrected chi connectivity index (χ1v) is 10.9. The first kappa shape index (κ1) is 23.1. The monoisotopic (exact) mass is 496 g/mol. The summed E-state index contributed by atoms with van der Waals surface area (Å²) in [5.74, 6) is 1.09. The fourth-order valence-corrected chi connectivity index (χ4v) is 3.49. The van der Waals surface area contributed by atoms with Crippen molar-refractivity contribution in [3.05, 3.63) is 16.7 Å². The molecule has 0 saturated carbocycles. The van der Waals surface area contributed by atoms with Crippen molar-refractivity contribution in [2.75, 3.05) is 23.3 Å². The number of hydrogen-bond donors (Lipinski definition) is 2. The molecule has 1 aliphatic rings. The van der Waals surface area contributed by atoms with E-state index < -0.39 is 23.4 Å². The number of rotatable bonds is 3. The van der Waals surface area contributed by atoms with Gasteiger partial charge in [-0.05, 0) is 63.9 Å². The van der Waals surface area contributed by atoms with Crippen LogP contribution in [0.25, 0.3) is 5.65 Å². The zero-order chi connectivity index (χ0) is 23.0. The maximum Gasteiger partial charge on any atom is 0.413 e. The van der Waals surface area contributed by atoms with E-state index in [4.69, 9.17) is 9.47 Å². The zero-order valence-corrected chi connectivity index (χ0v) is 20.2. The van der Waals surface area contributed by atoms with Crippen molar-refractivity contribution >= 4 is 45.4 Å². The van der Waals surface area contributed by atoms with Gasteiger partial charge in [0.15, 0.2) is 5.65 Å². The molecule has 2 amide bonds. The second kappa shape index (κ2) is 8.52. The van der Waals surface area contributed by atoms with Crippen LogP contribution in [0.5, 0.6) is 0 Å². The summed E-state index contributed by atoms with van der Waals surface area (Å²) in [5.41, 5.74) is -0.614. The van der Waals surface area contributed by atoms with Gasteiger partial charge in [-0.3, -0.25) is 5.32 Å². The number of halogens is 1. The van der Waals surface area contributed by atoms with Crippen LogP contribution >= 0.6 is 15.9 Å². The van der Waals surface area contributed by atoms with Gasteiger partial charge in [0.2, 0.25) is 0 Å². The number of carbonyl (C=O) groups is 2. The number of fused-ring (bicyclic) bond motifs is 1. The number of ether oxygens (including phenoxy) is 2. The summed E-state index contributed by atoms with van der Waals surface area (Å²) in [6, 6.07) is 1.68. The number of hydrogen-bond acceptors (Lipinski definition) is 7. The minimum atomic E-state index is -0.626. The predicted octanol–water partition coefficient (Wildman–Crippen LogP) is 3.94. The Morgan fingerprint density at radius 3 is 2.42 bits per heavy atom. The molecule has 1 atom stereocenters. The SMILES string of the molecule is CC(C)(C)OC(=O)Nc1cc(N2CC[C@H](NC(=O)OC(C)(C)C)C2)nc2c(Br)cnn12. The maximum absolute atomic E-state index is 12.3. The second-order valence-electron chi connectivity index (χ2n) is 9.43. The molecule has 0 aliphatic carbocycles. The van der Waals surface area contributed by atoms with Gasteiger partial charge in [0.05, 0.1) is 16.7 Å². The van der Waals surface area contributed by atoms with Gasteiger partial charge in [0.1, 0.15) is 22.8 Å². The van der Waals surface area contributed by atoms with Gasteiger partial charge in [-0.15, -0.1) is 0 Å². The van der Waals surface area contributed by atoms with Crippen LogP contribution in [0, 0.1) is 0 Å². The van der Waals surface area contributed by atoms with Gasteiger partial charge in [-0.1, -0.05) is 0 Å². The molecule has 31 heavy (non-hydrogen) atoms. The highest BCUT2D eigenvalue weighted by Crippen LogP contribution is 2.27. The maximum atomic E-state index is 12.3. The molecular formula is C20H29BrN6O4. The van der Waals surface area contributed by atoms with E-state index in [1.807, 2.05) is 25.7 Å². The zero-order valence-electron chi connectivity index (χ0n) is 18.7. The molecule has 0 unspecified atom stereocenters. The van der Waals surface area contributed by atoms with E-state index in [-0.39, 0.29) is 6.04 Å². The minimum Gasteiger partial charge on any atom is -0.444 e. The van der Waals surface area contributed by atoms with Crippen molar-refractivity contribution in [3.63, 3.8) is 0 Å². The molecule has 0 radical (unpaired) electrons. The largest absolute Gasteiger partial charge is 0.444 e. The van der Waals surface area contributed by atoms with Crippen molar-refractivity contribution < 1.29 is 19.1 Å². The minimum absolute atomic E-state index is 0.0662. The van der Waals surface area contributed by atoms with Crippen LogP contribution in [-0.2, 0) is 9.47 Å². The number of alkyl carbamates (subject to hydrolysis) is 1. The van der Waals surface area contributed by atoms with Crippen molar-refractivity contribution in [2.24, 2.45) is 0 Å². The van der Waals surface area contributed by atoms with Gasteiger partial charge < -0.3 is 19.7 Å². The lowest BCUT2D eigenvalue weighted by molar-refractivity contribution is 0.0508. The predicted molar refractivity (Wildman–Crippen MR) is 121 cm³/mol. The number of amides is 2. The topological polar surface area (TPSA) is 110 Å². The molecule has 170 valence electrons. The van der Waals surface area contributed by atoms with E-state index in [0.717, 1.165) is 6.42 Å². The van der Waals surface area contributed by atoms with Gasteiger partial charge in [-0.2, -0.15) is 9.61 Å². The Morgan fingerprint density at radius 2 is 1.77 bits per heavy atom. The molecule has 2 aromatic rings. The molecule has 0 spiro atoms.